The zero-order valence-electron chi connectivity index (χ0n) is 9.29. The van der Waals surface area contributed by atoms with Crippen LogP contribution in [0.15, 0.2) is 13.2 Å². The van der Waals surface area contributed by atoms with Gasteiger partial charge in [0.05, 0.1) is 0 Å². The van der Waals surface area contributed by atoms with Gasteiger partial charge in [-0.3, -0.25) is 13.2 Å². The van der Waals surface area contributed by atoms with Crippen LogP contribution in [0.25, 0.3) is 0 Å². The molecule has 0 unspecified atom stereocenters. The van der Waals surface area contributed by atoms with E-state index in [0.717, 1.165) is 21.0 Å². The summed E-state index contributed by atoms with van der Waals surface area (Å²) in [6, 6.07) is 0. The fraction of sp³-hybridized carbons (Fsp3) is 0. The first-order valence-corrected chi connectivity index (χ1v) is 3.27. The van der Waals surface area contributed by atoms with E-state index in [-0.39, 0.29) is 50.1 Å². The first-order valence-electron chi connectivity index (χ1n) is 1.63. The largest absolute Gasteiger partial charge is 0.521 e. The van der Waals surface area contributed by atoms with Crippen LogP contribution in [0.5, 0.6) is 0 Å². The van der Waals surface area contributed by atoms with Crippen molar-refractivity contribution in [2.24, 2.45) is 0 Å². The predicted octanol–water partition coefficient (Wildman–Crippen LogP) is 0.573. The minimum absolute atomic E-state index is 0. The van der Waals surface area contributed by atoms with Crippen molar-refractivity contribution in [2.75, 3.05) is 0 Å². The fourth-order valence-electron chi connectivity index (χ4n) is 0. The van der Waals surface area contributed by atoms with Crippen LogP contribution < -0.4 is 0 Å². The van der Waals surface area contributed by atoms with Gasteiger partial charge in [-0.1, -0.05) is 0 Å². The molecule has 0 saturated heterocycles. The maximum atomic E-state index is 4.53. The third-order valence-corrected chi connectivity index (χ3v) is 0. The predicted molar refractivity (Wildman–Crippen MR) is 66.5 cm³/mol. The van der Waals surface area contributed by atoms with E-state index in [0.29, 0.717) is 0 Å². The van der Waals surface area contributed by atoms with E-state index in [1.54, 1.807) is 0 Å². The van der Waals surface area contributed by atoms with Crippen molar-refractivity contribution >= 4 is 21.0 Å². The Morgan fingerprint density at radius 3 is 0.750 bits per heavy atom. The maximum Gasteiger partial charge on any atom is 0.129 e. The average Bonchev–Trinajstić information content (AvgIpc) is 1.78. The Balaban J connectivity index is -0.00000000281. The summed E-state index contributed by atoms with van der Waals surface area (Å²) < 4.78 is 4.53. The van der Waals surface area contributed by atoms with E-state index in [2.05, 4.69) is 30.4 Å². The van der Waals surface area contributed by atoms with Gasteiger partial charge in [0.15, 0.2) is 0 Å². The Bertz CT molecular complexity index is 24.5. The molecule has 0 aromatic rings. The first kappa shape index (κ1) is 81.1. The molecule has 1 nitrogen and oxygen atoms in total. The van der Waals surface area contributed by atoms with Crippen molar-refractivity contribution in [3.8, 4) is 0 Å². The van der Waals surface area contributed by atoms with Crippen LogP contribution in [0.2, 0.25) is 0 Å². The summed E-state index contributed by atoms with van der Waals surface area (Å²) in [4.78, 5) is 0. The zero-order valence-corrected chi connectivity index (χ0v) is 14.8. The quantitative estimate of drug-likeness (QED) is 0.469. The van der Waals surface area contributed by atoms with Crippen LogP contribution in [0.1, 0.15) is 0 Å². The smallest absolute Gasteiger partial charge is 0.129 e. The fourth-order valence-corrected chi connectivity index (χ4v) is 0. The number of hydrogen-bond acceptors (Lipinski definition) is 1. The zero-order chi connectivity index (χ0) is 6.71. The second-order valence-electron chi connectivity index (χ2n) is 0.408. The minimum atomic E-state index is 0. The average molecular weight is 299 g/mol. The normalized spacial score (nSPS) is 2.67. The van der Waals surface area contributed by atoms with Gasteiger partial charge in [-0.25, -0.2) is 0 Å². The summed E-state index contributed by atoms with van der Waals surface area (Å²) in [6.45, 7) is 14.0. The second kappa shape index (κ2) is 543. The molecular formula is C8H24OPdSi2-6. The summed E-state index contributed by atoms with van der Waals surface area (Å²) in [7, 11) is 1.86. The van der Waals surface area contributed by atoms with Crippen molar-refractivity contribution in [1.29, 1.82) is 0 Å². The van der Waals surface area contributed by atoms with E-state index >= 15 is 0 Å². The molecule has 12 heavy (non-hydrogen) atoms. The molecule has 0 aliphatic heterocycles. The molecule has 0 rings (SSSR count). The SMILES string of the molecule is [CH-]=C.[CH-]=C.[CH3-].[CH3-].[CH3-].[CH3-].[Pd].[SiH3]O[SiH3]. The van der Waals surface area contributed by atoms with Gasteiger partial charge in [0, 0.05) is 20.4 Å². The minimum Gasteiger partial charge on any atom is -0.521 e. The van der Waals surface area contributed by atoms with Crippen LogP contribution in [0, 0.1) is 42.9 Å². The van der Waals surface area contributed by atoms with Crippen LogP contribution >= 0.6 is 0 Å². The van der Waals surface area contributed by atoms with Crippen LogP contribution in [-0.4, -0.2) is 21.0 Å². The Morgan fingerprint density at radius 2 is 0.750 bits per heavy atom. The Kier molecular flexibility index (Phi) is 3670. The molecular weight excluding hydrogens is 275 g/mol. The monoisotopic (exact) mass is 298 g/mol. The van der Waals surface area contributed by atoms with Gasteiger partial charge in [0.1, 0.15) is 21.0 Å². The van der Waals surface area contributed by atoms with Crippen molar-refractivity contribution < 1.29 is 24.5 Å². The van der Waals surface area contributed by atoms with Gasteiger partial charge in [-0.2, -0.15) is 0 Å². The number of rotatable bonds is 0. The van der Waals surface area contributed by atoms with Gasteiger partial charge >= 0.3 is 0 Å². The van der Waals surface area contributed by atoms with Crippen molar-refractivity contribution in [3.63, 3.8) is 0 Å². The summed E-state index contributed by atoms with van der Waals surface area (Å²) >= 11 is 0. The molecule has 0 aromatic heterocycles. The van der Waals surface area contributed by atoms with E-state index in [1.165, 1.54) is 0 Å². The molecule has 0 amide bonds. The van der Waals surface area contributed by atoms with Crippen LogP contribution in [0.4, 0.5) is 0 Å². The molecule has 0 atom stereocenters. The van der Waals surface area contributed by atoms with Gasteiger partial charge in [0.2, 0.25) is 0 Å². The second-order valence-corrected chi connectivity index (χ2v) is 3.67. The van der Waals surface area contributed by atoms with E-state index in [4.69, 9.17) is 0 Å². The van der Waals surface area contributed by atoms with Crippen LogP contribution in [-0.2, 0) is 24.5 Å². The molecule has 0 aliphatic rings. The van der Waals surface area contributed by atoms with E-state index in [9.17, 15) is 0 Å². The molecule has 0 heterocycles. The molecule has 0 fully saturated rings. The van der Waals surface area contributed by atoms with E-state index in [1.807, 2.05) is 0 Å². The molecule has 0 spiro atoms. The molecule has 0 aromatic carbocycles. The number of hydrogen-bond donors (Lipinski definition) is 0. The molecule has 86 valence electrons. The van der Waals surface area contributed by atoms with Gasteiger partial charge in [-0.15, -0.1) is 0 Å². The maximum absolute atomic E-state index is 4.53. The molecule has 0 radical (unpaired) electrons. The van der Waals surface area contributed by atoms with Gasteiger partial charge < -0.3 is 47.0 Å². The van der Waals surface area contributed by atoms with Gasteiger partial charge in [-0.05, 0) is 0 Å². The van der Waals surface area contributed by atoms with Crippen molar-refractivity contribution in [3.05, 3.63) is 56.0 Å². The van der Waals surface area contributed by atoms with E-state index < -0.39 is 0 Å². The molecule has 0 N–H and O–H groups in total. The third kappa shape index (κ3) is 3330. The van der Waals surface area contributed by atoms with Crippen LogP contribution in [0.3, 0.4) is 0 Å². The Morgan fingerprint density at radius 1 is 0.750 bits per heavy atom. The first-order chi connectivity index (χ1) is 3.41. The summed E-state index contributed by atoms with van der Waals surface area (Å²) in [5, 5.41) is 0. The summed E-state index contributed by atoms with van der Waals surface area (Å²) in [5.41, 5.74) is 0. The summed E-state index contributed by atoms with van der Waals surface area (Å²) in [6.07, 6.45) is 0. The van der Waals surface area contributed by atoms with Crippen molar-refractivity contribution in [1.82, 2.24) is 0 Å². The molecule has 4 heteroatoms. The Labute approximate surface area is 101 Å². The Hall–Kier alpha value is 0.536. The molecule has 0 aliphatic carbocycles. The molecule has 0 bridgehead atoms. The van der Waals surface area contributed by atoms with Gasteiger partial charge in [0.25, 0.3) is 0 Å². The molecule has 0 saturated carbocycles. The topological polar surface area (TPSA) is 9.23 Å². The third-order valence-electron chi connectivity index (χ3n) is 0. The summed E-state index contributed by atoms with van der Waals surface area (Å²) in [5.74, 6) is 0. The standard InChI is InChI=1S/2C2H3.4CH3.H6OSi2.Pd/c2*1-2;;;;;2-1-3;/h2*1H,2H2;4*1H3;2-3H3;/q6*-1;;. The van der Waals surface area contributed by atoms with Crippen molar-refractivity contribution in [2.45, 2.75) is 0 Å².